The van der Waals surface area contributed by atoms with E-state index in [9.17, 15) is 9.59 Å². The van der Waals surface area contributed by atoms with Crippen LogP contribution in [0.25, 0.3) is 6.08 Å². The van der Waals surface area contributed by atoms with Crippen LogP contribution in [0.4, 0.5) is 0 Å². The van der Waals surface area contributed by atoms with E-state index in [4.69, 9.17) is 18.6 Å². The molecule has 0 amide bonds. The summed E-state index contributed by atoms with van der Waals surface area (Å²) in [5.74, 6) is 1.16. The molecule has 29 heavy (non-hydrogen) atoms. The lowest BCUT2D eigenvalue weighted by molar-refractivity contribution is -0.139. The highest BCUT2D eigenvalue weighted by molar-refractivity contribution is 5.87. The topological polar surface area (TPSA) is 75.0 Å². The van der Waals surface area contributed by atoms with Gasteiger partial charge in [-0.2, -0.15) is 0 Å². The van der Waals surface area contributed by atoms with Gasteiger partial charge in [-0.1, -0.05) is 32.9 Å². The van der Waals surface area contributed by atoms with Gasteiger partial charge in [-0.05, 0) is 42.5 Å². The van der Waals surface area contributed by atoms with E-state index in [0.29, 0.717) is 19.1 Å². The van der Waals surface area contributed by atoms with Crippen LogP contribution in [0, 0.1) is 5.92 Å². The van der Waals surface area contributed by atoms with Gasteiger partial charge < -0.3 is 18.6 Å². The van der Waals surface area contributed by atoms with Gasteiger partial charge in [0, 0.05) is 12.1 Å². The van der Waals surface area contributed by atoms with E-state index in [0.717, 1.165) is 24.2 Å². The molecule has 0 bridgehead atoms. The zero-order chi connectivity index (χ0) is 21.1. The molecule has 1 aromatic heterocycles. The Labute approximate surface area is 171 Å². The summed E-state index contributed by atoms with van der Waals surface area (Å²) in [6, 6.07) is 8.68. The van der Waals surface area contributed by atoms with Gasteiger partial charge in [0.15, 0.2) is 0 Å². The van der Waals surface area contributed by atoms with Crippen molar-refractivity contribution in [3.05, 3.63) is 64.2 Å². The molecule has 6 nitrogen and oxygen atoms in total. The highest BCUT2D eigenvalue weighted by Crippen LogP contribution is 2.14. The van der Waals surface area contributed by atoms with Crippen LogP contribution in [0.2, 0.25) is 0 Å². The van der Waals surface area contributed by atoms with Crippen LogP contribution in [0.1, 0.15) is 44.9 Å². The zero-order valence-electron chi connectivity index (χ0n) is 17.2. The molecular formula is C23H28O6. The molecule has 0 spiro atoms. The van der Waals surface area contributed by atoms with E-state index in [2.05, 4.69) is 13.8 Å². The summed E-state index contributed by atoms with van der Waals surface area (Å²) in [6.07, 6.45) is 6.02. The van der Waals surface area contributed by atoms with Crippen molar-refractivity contribution in [3.63, 3.8) is 0 Å². The fourth-order valence-corrected chi connectivity index (χ4v) is 2.27. The number of carbonyl (C=O) groups is 1. The number of ether oxygens (including phenoxy) is 3. The van der Waals surface area contributed by atoms with Crippen molar-refractivity contribution in [1.29, 1.82) is 0 Å². The number of hydrogen-bond acceptors (Lipinski definition) is 6. The Hall–Kier alpha value is -3.02. The molecule has 156 valence electrons. The van der Waals surface area contributed by atoms with Crippen LogP contribution < -0.4 is 14.9 Å². The molecule has 2 aromatic rings. The fourth-order valence-electron chi connectivity index (χ4n) is 2.27. The molecule has 1 aromatic carbocycles. The molecule has 6 heteroatoms. The quantitative estimate of drug-likeness (QED) is 0.405. The second-order valence-corrected chi connectivity index (χ2v) is 6.96. The van der Waals surface area contributed by atoms with Crippen molar-refractivity contribution >= 4 is 12.0 Å². The maximum absolute atomic E-state index is 12.0. The maximum atomic E-state index is 12.0. The molecule has 0 radical (unpaired) electrons. The highest BCUT2D eigenvalue weighted by atomic mass is 16.5. The standard InChI is InChI=1S/C23H28O6/c1-4-12-26-19-8-5-18(6-9-19)7-10-23(25)29-15-20-14-21(24)22(16-28-20)27-13-11-17(2)3/h5-10,14,16-17H,4,11-13,15H2,1-3H3/b10-7+. The zero-order valence-corrected chi connectivity index (χ0v) is 17.2. The van der Waals surface area contributed by atoms with Gasteiger partial charge in [-0.3, -0.25) is 4.79 Å². The SMILES string of the molecule is CCCOc1ccc(/C=C/C(=O)OCc2cc(=O)c(OCCC(C)C)co2)cc1. The summed E-state index contributed by atoms with van der Waals surface area (Å²) < 4.78 is 21.3. The normalized spacial score (nSPS) is 11.0. The summed E-state index contributed by atoms with van der Waals surface area (Å²) >= 11 is 0. The molecule has 0 saturated carbocycles. The third-order valence-corrected chi connectivity index (χ3v) is 3.93. The van der Waals surface area contributed by atoms with Gasteiger partial charge in [0.05, 0.1) is 13.2 Å². The van der Waals surface area contributed by atoms with Crippen LogP contribution in [0.15, 0.2) is 51.9 Å². The Morgan fingerprint density at radius 3 is 2.55 bits per heavy atom. The summed E-state index contributed by atoms with van der Waals surface area (Å²) in [6.45, 7) is 7.19. The lowest BCUT2D eigenvalue weighted by Gasteiger charge is -2.07. The first-order valence-corrected chi connectivity index (χ1v) is 9.80. The van der Waals surface area contributed by atoms with E-state index in [1.165, 1.54) is 18.4 Å². The van der Waals surface area contributed by atoms with Gasteiger partial charge in [0.2, 0.25) is 11.2 Å². The first-order chi connectivity index (χ1) is 14.0. The Bertz CT molecular complexity index is 848. The van der Waals surface area contributed by atoms with Gasteiger partial charge in [0.1, 0.15) is 24.4 Å². The monoisotopic (exact) mass is 400 g/mol. The molecule has 0 N–H and O–H groups in total. The fraction of sp³-hybridized carbons (Fsp3) is 0.391. The number of hydrogen-bond donors (Lipinski definition) is 0. The average Bonchev–Trinajstić information content (AvgIpc) is 2.71. The number of rotatable bonds is 11. The molecule has 0 aliphatic carbocycles. The predicted molar refractivity (Wildman–Crippen MR) is 111 cm³/mol. The van der Waals surface area contributed by atoms with Gasteiger partial charge >= 0.3 is 5.97 Å². The van der Waals surface area contributed by atoms with E-state index in [1.807, 2.05) is 31.2 Å². The van der Waals surface area contributed by atoms with E-state index < -0.39 is 5.97 Å². The van der Waals surface area contributed by atoms with E-state index in [-0.39, 0.29) is 23.5 Å². The third-order valence-electron chi connectivity index (χ3n) is 3.93. The minimum Gasteiger partial charge on any atom is -0.494 e. The van der Waals surface area contributed by atoms with Crippen LogP contribution in [-0.4, -0.2) is 19.2 Å². The number of carbonyl (C=O) groups excluding carboxylic acids is 1. The Morgan fingerprint density at radius 2 is 1.90 bits per heavy atom. The van der Waals surface area contributed by atoms with Crippen LogP contribution in [0.5, 0.6) is 11.5 Å². The molecule has 0 saturated heterocycles. The Balaban J connectivity index is 1.81. The smallest absolute Gasteiger partial charge is 0.331 e. The number of esters is 1. The average molecular weight is 400 g/mol. The minimum absolute atomic E-state index is 0.130. The maximum Gasteiger partial charge on any atom is 0.331 e. The Morgan fingerprint density at radius 1 is 1.14 bits per heavy atom. The lowest BCUT2D eigenvalue weighted by atomic mass is 10.1. The second-order valence-electron chi connectivity index (χ2n) is 6.96. The molecule has 0 unspecified atom stereocenters. The van der Waals surface area contributed by atoms with Gasteiger partial charge in [-0.25, -0.2) is 4.79 Å². The summed E-state index contributed by atoms with van der Waals surface area (Å²) in [5, 5.41) is 0. The Kier molecular flexibility index (Phi) is 9.02. The van der Waals surface area contributed by atoms with Crippen molar-refractivity contribution in [3.8, 4) is 11.5 Å². The molecule has 0 fully saturated rings. The van der Waals surface area contributed by atoms with Crippen molar-refractivity contribution in [2.75, 3.05) is 13.2 Å². The van der Waals surface area contributed by atoms with E-state index >= 15 is 0 Å². The van der Waals surface area contributed by atoms with Crippen LogP contribution in [0.3, 0.4) is 0 Å². The minimum atomic E-state index is -0.531. The first-order valence-electron chi connectivity index (χ1n) is 9.80. The van der Waals surface area contributed by atoms with Crippen LogP contribution >= 0.6 is 0 Å². The molecule has 0 aliphatic rings. The summed E-state index contributed by atoms with van der Waals surface area (Å²) in [7, 11) is 0. The van der Waals surface area contributed by atoms with E-state index in [1.54, 1.807) is 6.08 Å². The first kappa shape index (κ1) is 22.3. The molecule has 0 aliphatic heterocycles. The summed E-state index contributed by atoms with van der Waals surface area (Å²) in [5.41, 5.74) is 0.548. The summed E-state index contributed by atoms with van der Waals surface area (Å²) in [4.78, 5) is 23.9. The largest absolute Gasteiger partial charge is 0.494 e. The highest BCUT2D eigenvalue weighted by Gasteiger charge is 2.07. The lowest BCUT2D eigenvalue weighted by Crippen LogP contribution is -2.11. The van der Waals surface area contributed by atoms with Crippen molar-refractivity contribution in [1.82, 2.24) is 0 Å². The number of benzene rings is 1. The molecule has 1 heterocycles. The van der Waals surface area contributed by atoms with Gasteiger partial charge in [0.25, 0.3) is 0 Å². The van der Waals surface area contributed by atoms with Crippen molar-refractivity contribution < 1.29 is 23.4 Å². The molecule has 2 rings (SSSR count). The van der Waals surface area contributed by atoms with Crippen molar-refractivity contribution in [2.45, 2.75) is 40.2 Å². The predicted octanol–water partition coefficient (Wildman–Crippen LogP) is 4.61. The second kappa shape index (κ2) is 11.7. The van der Waals surface area contributed by atoms with Crippen molar-refractivity contribution in [2.24, 2.45) is 5.92 Å². The van der Waals surface area contributed by atoms with Crippen LogP contribution in [-0.2, 0) is 16.1 Å². The molecule has 0 atom stereocenters. The molecular weight excluding hydrogens is 372 g/mol. The third kappa shape index (κ3) is 8.25. The van der Waals surface area contributed by atoms with Gasteiger partial charge in [-0.15, -0.1) is 0 Å².